The largest absolute Gasteiger partial charge is 0.421 e. The molecular formula is C20H26F4N2O3. The molecule has 9 heteroatoms. The van der Waals surface area contributed by atoms with E-state index in [-0.39, 0.29) is 17.6 Å². The highest BCUT2D eigenvalue weighted by Crippen LogP contribution is 2.24. The second kappa shape index (κ2) is 12.2. The molecule has 29 heavy (non-hydrogen) atoms. The number of halogens is 4. The van der Waals surface area contributed by atoms with E-state index in [2.05, 4.69) is 24.8 Å². The van der Waals surface area contributed by atoms with Gasteiger partial charge < -0.3 is 19.7 Å². The number of aliphatic hydroxyl groups excluding tert-OH is 1. The first kappa shape index (κ1) is 26.6. The highest BCUT2D eigenvalue weighted by Gasteiger charge is 2.37. The predicted molar refractivity (Wildman–Crippen MR) is 103 cm³/mol. The van der Waals surface area contributed by atoms with Crippen molar-refractivity contribution in [2.24, 2.45) is 5.92 Å². The number of hydrogen-bond donors (Lipinski definition) is 1. The Morgan fingerprint density at radius 3 is 2.21 bits per heavy atom. The zero-order valence-corrected chi connectivity index (χ0v) is 16.6. The maximum atomic E-state index is 13.9. The van der Waals surface area contributed by atoms with Crippen molar-refractivity contribution < 1.29 is 32.3 Å². The number of aryl methyl sites for hydroxylation is 1. The molecule has 5 nitrogen and oxygen atoms in total. The van der Waals surface area contributed by atoms with Gasteiger partial charge in [-0.15, -0.1) is 12.8 Å². The van der Waals surface area contributed by atoms with Gasteiger partial charge in [0.05, 0.1) is 5.69 Å². The fourth-order valence-corrected chi connectivity index (χ4v) is 2.61. The van der Waals surface area contributed by atoms with Crippen molar-refractivity contribution >= 4 is 17.9 Å². The lowest BCUT2D eigenvalue weighted by Gasteiger charge is -2.31. The normalized spacial score (nSPS) is 15.8. The van der Waals surface area contributed by atoms with E-state index in [1.807, 2.05) is 13.0 Å². The Balaban J connectivity index is 0.000000664. The molecule has 0 aromatic heterocycles. The average molecular weight is 418 g/mol. The van der Waals surface area contributed by atoms with E-state index in [1.54, 1.807) is 13.1 Å². The lowest BCUT2D eigenvalue weighted by Crippen LogP contribution is -2.40. The van der Waals surface area contributed by atoms with Gasteiger partial charge in [-0.25, -0.2) is 4.39 Å². The number of benzene rings is 1. The first-order valence-electron chi connectivity index (χ1n) is 8.73. The third kappa shape index (κ3) is 8.62. The molecule has 1 aromatic rings. The van der Waals surface area contributed by atoms with E-state index < -0.39 is 18.6 Å². The number of carbonyl (C=O) groups is 2. The van der Waals surface area contributed by atoms with Crippen molar-refractivity contribution in [1.82, 2.24) is 4.90 Å². The van der Waals surface area contributed by atoms with Crippen LogP contribution in [-0.2, 0) is 9.59 Å². The van der Waals surface area contributed by atoms with Crippen LogP contribution in [0.2, 0.25) is 0 Å². The molecule has 0 aliphatic carbocycles. The quantitative estimate of drug-likeness (QED) is 0.466. The van der Waals surface area contributed by atoms with Gasteiger partial charge in [0.25, 0.3) is 0 Å². The van der Waals surface area contributed by atoms with Crippen molar-refractivity contribution in [3.63, 3.8) is 0 Å². The Bertz CT molecular complexity index is 684. The standard InChI is InChI=1S/C15H21FN2O.C3H3F3O2.C2H2/c1-11-4-5-14(13(16)10-11)18(3)15(19)12-6-8-17(2)9-7-12;4-3(5,6)2(8)1-7;1-2/h4-5,10,12H,6-9H2,1-3H3;1-2,8H;1-2H. The number of nitrogens with zero attached hydrogens (tertiary/aromatic N) is 2. The monoisotopic (exact) mass is 418 g/mol. The predicted octanol–water partition coefficient (Wildman–Crippen LogP) is 2.80. The molecule has 2 rings (SSSR count). The number of amides is 1. The molecule has 1 amide bonds. The van der Waals surface area contributed by atoms with Crippen molar-refractivity contribution in [3.8, 4) is 12.8 Å². The summed E-state index contributed by atoms with van der Waals surface area (Å²) in [7, 11) is 3.72. The minimum Gasteiger partial charge on any atom is -0.377 e. The van der Waals surface area contributed by atoms with Crippen LogP contribution in [0, 0.1) is 31.5 Å². The summed E-state index contributed by atoms with van der Waals surface area (Å²) in [5, 5.41) is 7.70. The van der Waals surface area contributed by atoms with Crippen LogP contribution in [0.25, 0.3) is 0 Å². The van der Waals surface area contributed by atoms with Crippen molar-refractivity contribution in [1.29, 1.82) is 0 Å². The van der Waals surface area contributed by atoms with Gasteiger partial charge in [-0.1, -0.05) is 6.07 Å². The second-order valence-electron chi connectivity index (χ2n) is 6.55. The minimum atomic E-state index is -4.80. The summed E-state index contributed by atoms with van der Waals surface area (Å²) < 4.78 is 46.8. The van der Waals surface area contributed by atoms with Crippen molar-refractivity contribution in [2.75, 3.05) is 32.1 Å². The summed E-state index contributed by atoms with van der Waals surface area (Å²) in [6.07, 6.45) is 1.50. The molecule has 0 spiro atoms. The van der Waals surface area contributed by atoms with E-state index in [1.165, 1.54) is 11.0 Å². The number of piperidine rings is 1. The van der Waals surface area contributed by atoms with E-state index in [0.29, 0.717) is 5.69 Å². The fraction of sp³-hybridized carbons (Fsp3) is 0.500. The number of anilines is 1. The maximum Gasteiger partial charge on any atom is 0.421 e. The molecule has 0 radical (unpaired) electrons. The van der Waals surface area contributed by atoms with Gasteiger partial charge in [0.1, 0.15) is 5.82 Å². The zero-order chi connectivity index (χ0) is 22.8. The molecule has 1 heterocycles. The zero-order valence-electron chi connectivity index (χ0n) is 16.6. The van der Waals surface area contributed by atoms with Gasteiger partial charge >= 0.3 is 6.18 Å². The first-order chi connectivity index (χ1) is 13.5. The van der Waals surface area contributed by atoms with Crippen LogP contribution < -0.4 is 4.90 Å². The first-order valence-corrected chi connectivity index (χ1v) is 8.73. The van der Waals surface area contributed by atoms with E-state index in [4.69, 9.17) is 5.11 Å². The molecular weight excluding hydrogens is 392 g/mol. The molecule has 1 saturated heterocycles. The Hall–Kier alpha value is -2.44. The molecule has 0 bridgehead atoms. The highest BCUT2D eigenvalue weighted by molar-refractivity contribution is 5.94. The fourth-order valence-electron chi connectivity index (χ4n) is 2.61. The number of rotatable bonds is 3. The highest BCUT2D eigenvalue weighted by atomic mass is 19.4. The van der Waals surface area contributed by atoms with E-state index in [9.17, 15) is 27.2 Å². The molecule has 1 aliphatic heterocycles. The Labute approximate surface area is 168 Å². The minimum absolute atomic E-state index is 0.0157. The van der Waals surface area contributed by atoms with Crippen LogP contribution >= 0.6 is 0 Å². The summed E-state index contributed by atoms with van der Waals surface area (Å²) in [5.41, 5.74) is 1.23. The molecule has 162 valence electrons. The van der Waals surface area contributed by atoms with Gasteiger partial charge in [-0.3, -0.25) is 4.79 Å². The number of aldehydes is 1. The van der Waals surface area contributed by atoms with Crippen LogP contribution in [0.3, 0.4) is 0 Å². The number of hydrogen-bond acceptors (Lipinski definition) is 4. The van der Waals surface area contributed by atoms with Gasteiger partial charge in [0.15, 0.2) is 6.29 Å². The van der Waals surface area contributed by atoms with Crippen LogP contribution in [-0.4, -0.2) is 61.7 Å². The summed E-state index contributed by atoms with van der Waals surface area (Å²) in [4.78, 5) is 25.2. The summed E-state index contributed by atoms with van der Waals surface area (Å²) in [6, 6.07) is 4.97. The number of alkyl halides is 3. The molecule has 1 unspecified atom stereocenters. The Kier molecular flexibility index (Phi) is 11.2. The summed E-state index contributed by atoms with van der Waals surface area (Å²) >= 11 is 0. The van der Waals surface area contributed by atoms with Crippen LogP contribution in [0.1, 0.15) is 18.4 Å². The average Bonchev–Trinajstić information content (AvgIpc) is 2.68. The topological polar surface area (TPSA) is 60.9 Å². The van der Waals surface area contributed by atoms with E-state index in [0.717, 1.165) is 31.5 Å². The number of terminal acetylenes is 1. The van der Waals surface area contributed by atoms with Crippen LogP contribution in [0.15, 0.2) is 18.2 Å². The van der Waals surface area contributed by atoms with Gasteiger partial charge in [0.2, 0.25) is 12.0 Å². The Morgan fingerprint density at radius 1 is 1.31 bits per heavy atom. The van der Waals surface area contributed by atoms with Crippen molar-refractivity contribution in [2.45, 2.75) is 32.0 Å². The van der Waals surface area contributed by atoms with Gasteiger partial charge in [-0.05, 0) is 57.6 Å². The van der Waals surface area contributed by atoms with Crippen LogP contribution in [0.4, 0.5) is 23.2 Å². The molecule has 1 N–H and O–H groups in total. The Morgan fingerprint density at radius 2 is 1.83 bits per heavy atom. The van der Waals surface area contributed by atoms with Gasteiger partial charge in [-0.2, -0.15) is 13.2 Å². The summed E-state index contributed by atoms with van der Waals surface area (Å²) in [6.45, 7) is 3.70. The lowest BCUT2D eigenvalue weighted by atomic mass is 9.95. The van der Waals surface area contributed by atoms with E-state index >= 15 is 0 Å². The third-order valence-electron chi connectivity index (χ3n) is 4.33. The molecule has 1 atom stereocenters. The maximum absolute atomic E-state index is 13.9. The van der Waals surface area contributed by atoms with Crippen molar-refractivity contribution in [3.05, 3.63) is 29.6 Å². The molecule has 1 aliphatic rings. The third-order valence-corrected chi connectivity index (χ3v) is 4.33. The number of aliphatic hydroxyl groups is 1. The summed E-state index contributed by atoms with van der Waals surface area (Å²) in [5.74, 6) is -0.290. The smallest absolute Gasteiger partial charge is 0.377 e. The SMILES string of the molecule is C#C.Cc1ccc(N(C)C(=O)C2CCN(C)CC2)c(F)c1.O=CC(O)C(F)(F)F. The molecule has 1 aromatic carbocycles. The lowest BCUT2D eigenvalue weighted by molar-refractivity contribution is -0.197. The number of carbonyl (C=O) groups excluding carboxylic acids is 2. The molecule has 1 fully saturated rings. The van der Waals surface area contributed by atoms with Gasteiger partial charge in [0, 0.05) is 13.0 Å². The van der Waals surface area contributed by atoms with Crippen LogP contribution in [0.5, 0.6) is 0 Å². The number of likely N-dealkylation sites (tertiary alicyclic amines) is 1. The molecule has 0 saturated carbocycles. The second-order valence-corrected chi connectivity index (χ2v) is 6.55.